The fraction of sp³-hybridized carbons (Fsp3) is 0.628. The summed E-state index contributed by atoms with van der Waals surface area (Å²) in [7, 11) is 5.91. The average molecular weight is 1210 g/mol. The number of quaternary nitrogens is 1. The van der Waals surface area contributed by atoms with Crippen molar-refractivity contribution in [1.29, 1.82) is 0 Å². The first-order valence-corrected chi connectivity index (χ1v) is 34.6. The van der Waals surface area contributed by atoms with Gasteiger partial charge in [-0.1, -0.05) is 275 Å². The molecule has 0 aromatic rings. The van der Waals surface area contributed by atoms with E-state index in [0.29, 0.717) is 17.4 Å². The van der Waals surface area contributed by atoms with E-state index in [4.69, 9.17) is 18.9 Å². The van der Waals surface area contributed by atoms with E-state index >= 15 is 0 Å². The van der Waals surface area contributed by atoms with Crippen LogP contribution in [0.4, 0.5) is 0 Å². The Morgan fingerprint density at radius 1 is 0.356 bits per heavy atom. The zero-order chi connectivity index (χ0) is 63.3. The highest BCUT2D eigenvalue weighted by Crippen LogP contribution is 2.15. The van der Waals surface area contributed by atoms with Crippen LogP contribution in [0.2, 0.25) is 0 Å². The Bertz CT molecular complexity index is 1990. The van der Waals surface area contributed by atoms with Crippen molar-refractivity contribution in [2.75, 3.05) is 47.5 Å². The fourth-order valence-electron chi connectivity index (χ4n) is 8.98. The lowest BCUT2D eigenvalue weighted by Gasteiger charge is -2.26. The molecule has 0 N–H and O–H groups in total. The molecule has 0 aliphatic heterocycles. The van der Waals surface area contributed by atoms with Gasteiger partial charge in [0.25, 0.3) is 0 Å². The van der Waals surface area contributed by atoms with Gasteiger partial charge in [0.2, 0.25) is 0 Å². The van der Waals surface area contributed by atoms with Gasteiger partial charge in [-0.05, 0) is 128 Å². The number of nitrogens with zero attached hydrogens (tertiary/aromatic N) is 1. The SMILES string of the molecule is CC/C=C\C/C=C\C/C=C\C/C=C\C/C=C\C/C=C\C/C=C\C/C=C\C/C=C\C/C=C\C/C=C\CCCCCC(=O)OC(COC(=O)CCCCCCCCCCCCCCC/C=C\C/C=C\CCCCCCC)COC(OCC[N+](C)(C)C)C(=O)[O-]. The van der Waals surface area contributed by atoms with Crippen LogP contribution in [0.3, 0.4) is 0 Å². The van der Waals surface area contributed by atoms with Crippen molar-refractivity contribution >= 4 is 17.9 Å². The molecule has 0 aliphatic rings. The van der Waals surface area contributed by atoms with E-state index in [1.54, 1.807) is 0 Å². The van der Waals surface area contributed by atoms with Gasteiger partial charge in [0.15, 0.2) is 12.4 Å². The van der Waals surface area contributed by atoms with Crippen LogP contribution in [-0.2, 0) is 33.3 Å². The third kappa shape index (κ3) is 68.3. The van der Waals surface area contributed by atoms with Crippen molar-refractivity contribution < 1.29 is 42.9 Å². The average Bonchev–Trinajstić information content (AvgIpc) is 3.57. The Balaban J connectivity index is 4.27. The highest BCUT2D eigenvalue weighted by molar-refractivity contribution is 5.70. The number of unbranched alkanes of at least 4 members (excludes halogenated alkanes) is 21. The summed E-state index contributed by atoms with van der Waals surface area (Å²) in [5.74, 6) is -2.34. The van der Waals surface area contributed by atoms with E-state index in [2.05, 4.69) is 172 Å². The van der Waals surface area contributed by atoms with E-state index < -0.39 is 24.3 Å². The molecule has 0 heterocycles. The van der Waals surface area contributed by atoms with Crippen molar-refractivity contribution in [1.82, 2.24) is 0 Å². The molecule has 0 amide bonds. The predicted octanol–water partition coefficient (Wildman–Crippen LogP) is 20.4. The molecule has 0 saturated carbocycles. The van der Waals surface area contributed by atoms with E-state index in [1.807, 2.05) is 21.1 Å². The summed E-state index contributed by atoms with van der Waals surface area (Å²) in [6, 6.07) is 0. The van der Waals surface area contributed by atoms with Crippen molar-refractivity contribution in [2.45, 2.75) is 270 Å². The summed E-state index contributed by atoms with van der Waals surface area (Å²) in [5.41, 5.74) is 0. The van der Waals surface area contributed by atoms with Gasteiger partial charge in [0, 0.05) is 12.8 Å². The smallest absolute Gasteiger partial charge is 0.306 e. The largest absolute Gasteiger partial charge is 0.545 e. The molecule has 87 heavy (non-hydrogen) atoms. The maximum absolute atomic E-state index is 12.9. The van der Waals surface area contributed by atoms with Gasteiger partial charge < -0.3 is 33.3 Å². The zero-order valence-electron chi connectivity index (χ0n) is 56.1. The lowest BCUT2D eigenvalue weighted by atomic mass is 10.0. The highest BCUT2D eigenvalue weighted by Gasteiger charge is 2.22. The Kier molecular flexibility index (Phi) is 62.9. The Morgan fingerprint density at radius 3 is 0.989 bits per heavy atom. The summed E-state index contributed by atoms with van der Waals surface area (Å²) < 4.78 is 22.7. The topological polar surface area (TPSA) is 111 Å². The molecule has 0 rings (SSSR count). The van der Waals surface area contributed by atoms with Gasteiger partial charge in [-0.25, -0.2) is 0 Å². The Morgan fingerprint density at radius 2 is 0.655 bits per heavy atom. The molecule has 2 atom stereocenters. The molecule has 9 nitrogen and oxygen atoms in total. The maximum atomic E-state index is 12.9. The molecular formula is C78H127NO8. The van der Waals surface area contributed by atoms with Crippen LogP contribution in [0.5, 0.6) is 0 Å². The number of rotatable bonds is 62. The first kappa shape index (κ1) is 81.9. The second-order valence-electron chi connectivity index (χ2n) is 23.7. The van der Waals surface area contributed by atoms with Gasteiger partial charge in [-0.3, -0.25) is 9.59 Å². The van der Waals surface area contributed by atoms with Crippen LogP contribution in [0.1, 0.15) is 258 Å². The summed E-state index contributed by atoms with van der Waals surface area (Å²) in [6.07, 6.45) is 96.0. The van der Waals surface area contributed by atoms with E-state index in [0.717, 1.165) is 116 Å². The molecule has 0 radical (unpaired) electrons. The number of esters is 2. The molecular weight excluding hydrogens is 1080 g/mol. The normalized spacial score (nSPS) is 13.7. The van der Waals surface area contributed by atoms with Crippen LogP contribution in [0, 0.1) is 0 Å². The van der Waals surface area contributed by atoms with E-state index in [1.165, 1.54) is 109 Å². The summed E-state index contributed by atoms with van der Waals surface area (Å²) in [6.45, 7) is 4.58. The van der Waals surface area contributed by atoms with Gasteiger partial charge >= 0.3 is 11.9 Å². The van der Waals surface area contributed by atoms with Crippen molar-refractivity contribution in [3.63, 3.8) is 0 Å². The Hall–Kier alpha value is -5.09. The third-order valence-electron chi connectivity index (χ3n) is 14.3. The lowest BCUT2D eigenvalue weighted by molar-refractivity contribution is -0.870. The molecule has 492 valence electrons. The first-order valence-electron chi connectivity index (χ1n) is 34.6. The maximum Gasteiger partial charge on any atom is 0.306 e. The number of hydrogen-bond donors (Lipinski definition) is 0. The second kappa shape index (κ2) is 66.9. The molecule has 2 unspecified atom stereocenters. The number of hydrogen-bond acceptors (Lipinski definition) is 8. The number of carboxylic acid groups (broad SMARTS) is 1. The Labute approximate surface area is 534 Å². The minimum absolute atomic E-state index is 0.133. The van der Waals surface area contributed by atoms with Gasteiger partial charge in [-0.2, -0.15) is 0 Å². The number of aliphatic carboxylic acids is 1. The van der Waals surface area contributed by atoms with Gasteiger partial charge in [-0.15, -0.1) is 0 Å². The third-order valence-corrected chi connectivity index (χ3v) is 14.3. The first-order chi connectivity index (χ1) is 42.6. The minimum atomic E-state index is -1.64. The zero-order valence-corrected chi connectivity index (χ0v) is 56.1. The van der Waals surface area contributed by atoms with Gasteiger partial charge in [0.05, 0.1) is 40.3 Å². The number of carbonyl (C=O) groups is 3. The monoisotopic (exact) mass is 1210 g/mol. The molecule has 0 fully saturated rings. The van der Waals surface area contributed by atoms with Crippen LogP contribution in [0.15, 0.2) is 158 Å². The predicted molar refractivity (Wildman–Crippen MR) is 370 cm³/mol. The van der Waals surface area contributed by atoms with E-state index in [9.17, 15) is 19.5 Å². The van der Waals surface area contributed by atoms with E-state index in [-0.39, 0.29) is 38.6 Å². The number of allylic oxidation sites excluding steroid dienone is 26. The number of carboxylic acids is 1. The van der Waals surface area contributed by atoms with Crippen molar-refractivity contribution in [2.24, 2.45) is 0 Å². The standard InChI is InChI=1S/C78H127NO8/c1-6-8-10-12-14-16-18-20-22-24-26-28-30-32-33-34-35-36-37-38-39-40-41-42-43-45-47-49-51-53-55-57-59-61-63-65-67-69-76(81)87-74(73-86-78(77(82)83)84-71-70-79(3,4)5)72-85-75(80)68-66-64-62-60-58-56-54-52-50-48-46-44-31-29-27-25-23-21-19-17-15-13-11-9-7-2/h8,10,14,16,19-22,25-28,32-33,35-36,38-39,41-42,45,47,51,53,57,59,74,78H,6-7,9,11-13,15,17-18,23-24,29-31,34,37,40,43-44,46,48-50,52,54-56,58,60-73H2,1-5H3/b10-8-,16-14-,21-19-,22-20-,27-25-,28-26-,33-32-,36-35-,39-38-,42-41-,47-45-,53-51-,59-57-. The minimum Gasteiger partial charge on any atom is -0.545 e. The summed E-state index contributed by atoms with van der Waals surface area (Å²) in [4.78, 5) is 37.5. The molecule has 0 aromatic heterocycles. The van der Waals surface area contributed by atoms with Crippen LogP contribution in [0.25, 0.3) is 0 Å². The molecule has 0 spiro atoms. The molecule has 0 saturated heterocycles. The molecule has 0 bridgehead atoms. The summed E-state index contributed by atoms with van der Waals surface area (Å²) >= 11 is 0. The molecule has 0 aromatic carbocycles. The second-order valence-corrected chi connectivity index (χ2v) is 23.7. The number of ether oxygens (including phenoxy) is 4. The summed E-state index contributed by atoms with van der Waals surface area (Å²) in [5, 5.41) is 11.8. The molecule has 0 aliphatic carbocycles. The van der Waals surface area contributed by atoms with Crippen LogP contribution >= 0.6 is 0 Å². The fourth-order valence-corrected chi connectivity index (χ4v) is 8.98. The number of carbonyl (C=O) groups excluding carboxylic acids is 3. The van der Waals surface area contributed by atoms with Crippen LogP contribution < -0.4 is 5.11 Å². The molecule has 9 heteroatoms. The quantitative estimate of drug-likeness (QED) is 0.0195. The highest BCUT2D eigenvalue weighted by atomic mass is 16.7. The van der Waals surface area contributed by atoms with Crippen molar-refractivity contribution in [3.05, 3.63) is 158 Å². The lowest BCUT2D eigenvalue weighted by Crippen LogP contribution is -2.44. The van der Waals surface area contributed by atoms with Crippen molar-refractivity contribution in [3.8, 4) is 0 Å². The van der Waals surface area contributed by atoms with Crippen LogP contribution in [-0.4, -0.2) is 82.3 Å². The van der Waals surface area contributed by atoms with Gasteiger partial charge in [0.1, 0.15) is 13.2 Å². The number of likely N-dealkylation sites (N-methyl/N-ethyl adjacent to an activating group) is 1.